The zero-order valence-corrected chi connectivity index (χ0v) is 8.90. The molecule has 0 aliphatic carbocycles. The van der Waals surface area contributed by atoms with Crippen molar-refractivity contribution in [2.24, 2.45) is 0 Å². The second-order valence-electron chi connectivity index (χ2n) is 2.47. The minimum atomic E-state index is -0.870. The number of hydrogen-bond acceptors (Lipinski definition) is 2. The van der Waals surface area contributed by atoms with Gasteiger partial charge in [0.1, 0.15) is 5.82 Å². The summed E-state index contributed by atoms with van der Waals surface area (Å²) < 4.78 is 30.5. The van der Waals surface area contributed by atoms with Crippen molar-refractivity contribution < 1.29 is 18.3 Å². The van der Waals surface area contributed by atoms with E-state index >= 15 is 0 Å². The van der Waals surface area contributed by atoms with Gasteiger partial charge >= 0.3 is 5.97 Å². The number of carbonyl (C=O) groups is 1. The zero-order chi connectivity index (χ0) is 10.7. The molecular weight excluding hydrogens is 258 g/mol. The fourth-order valence-corrected chi connectivity index (χ4v) is 1.35. The molecule has 0 aromatic heterocycles. The Morgan fingerprint density at radius 2 is 2.14 bits per heavy atom. The van der Waals surface area contributed by atoms with Crippen LogP contribution in [0.15, 0.2) is 16.6 Å². The van der Waals surface area contributed by atoms with Crippen molar-refractivity contribution in [2.75, 3.05) is 6.61 Å². The van der Waals surface area contributed by atoms with E-state index in [2.05, 4.69) is 20.7 Å². The maximum atomic E-state index is 13.2. The van der Waals surface area contributed by atoms with Gasteiger partial charge in [0.05, 0.1) is 16.6 Å². The van der Waals surface area contributed by atoms with Gasteiger partial charge in [0, 0.05) is 0 Å². The first-order valence-electron chi connectivity index (χ1n) is 3.88. The average molecular weight is 265 g/mol. The molecule has 0 atom stereocenters. The molecule has 0 saturated carbocycles. The monoisotopic (exact) mass is 264 g/mol. The Morgan fingerprint density at radius 3 is 2.71 bits per heavy atom. The summed E-state index contributed by atoms with van der Waals surface area (Å²) in [6.07, 6.45) is 0. The Hall–Kier alpha value is -0.970. The predicted molar refractivity (Wildman–Crippen MR) is 50.0 cm³/mol. The van der Waals surface area contributed by atoms with Crippen LogP contribution in [0.4, 0.5) is 8.78 Å². The standard InChI is InChI=1S/C9H7BrF2O2/c1-2-14-9(13)6-3-5(11)4-7(10)8(6)12/h3-4H,2H2,1H3. The lowest BCUT2D eigenvalue weighted by atomic mass is 10.2. The summed E-state index contributed by atoms with van der Waals surface area (Å²) in [5.74, 6) is -2.38. The molecule has 0 radical (unpaired) electrons. The van der Waals surface area contributed by atoms with Gasteiger partial charge in [0.15, 0.2) is 5.82 Å². The van der Waals surface area contributed by atoms with Gasteiger partial charge in [-0.25, -0.2) is 13.6 Å². The molecule has 0 aliphatic heterocycles. The van der Waals surface area contributed by atoms with Crippen molar-refractivity contribution in [3.05, 3.63) is 33.8 Å². The smallest absolute Gasteiger partial charge is 0.341 e. The average Bonchev–Trinajstić information content (AvgIpc) is 2.11. The van der Waals surface area contributed by atoms with Crippen molar-refractivity contribution in [2.45, 2.75) is 6.92 Å². The van der Waals surface area contributed by atoms with Crippen LogP contribution in [0.25, 0.3) is 0 Å². The number of benzene rings is 1. The van der Waals surface area contributed by atoms with E-state index in [1.807, 2.05) is 0 Å². The lowest BCUT2D eigenvalue weighted by Crippen LogP contribution is -2.08. The van der Waals surface area contributed by atoms with Gasteiger partial charge in [-0.15, -0.1) is 0 Å². The lowest BCUT2D eigenvalue weighted by molar-refractivity contribution is 0.0520. The summed E-state index contributed by atoms with van der Waals surface area (Å²) in [6.45, 7) is 1.70. The topological polar surface area (TPSA) is 26.3 Å². The van der Waals surface area contributed by atoms with E-state index in [-0.39, 0.29) is 11.1 Å². The van der Waals surface area contributed by atoms with E-state index in [9.17, 15) is 13.6 Å². The van der Waals surface area contributed by atoms with Crippen molar-refractivity contribution >= 4 is 21.9 Å². The number of ether oxygens (including phenoxy) is 1. The van der Waals surface area contributed by atoms with Gasteiger partial charge in [-0.3, -0.25) is 0 Å². The van der Waals surface area contributed by atoms with Gasteiger partial charge in [-0.2, -0.15) is 0 Å². The molecule has 2 nitrogen and oxygen atoms in total. The van der Waals surface area contributed by atoms with E-state index in [0.29, 0.717) is 0 Å². The van der Waals surface area contributed by atoms with Crippen LogP contribution in [0.1, 0.15) is 17.3 Å². The molecule has 0 heterocycles. The van der Waals surface area contributed by atoms with Gasteiger partial charge in [-0.05, 0) is 35.0 Å². The lowest BCUT2D eigenvalue weighted by Gasteiger charge is -2.04. The van der Waals surface area contributed by atoms with Gasteiger partial charge in [0.2, 0.25) is 0 Å². The third-order valence-electron chi connectivity index (χ3n) is 1.49. The maximum Gasteiger partial charge on any atom is 0.341 e. The van der Waals surface area contributed by atoms with Crippen molar-refractivity contribution in [1.29, 1.82) is 0 Å². The molecule has 0 saturated heterocycles. The van der Waals surface area contributed by atoms with E-state index in [1.54, 1.807) is 6.92 Å². The van der Waals surface area contributed by atoms with E-state index in [0.717, 1.165) is 12.1 Å². The van der Waals surface area contributed by atoms with Crippen LogP contribution in [-0.2, 0) is 4.74 Å². The molecule has 0 fully saturated rings. The van der Waals surface area contributed by atoms with Gasteiger partial charge in [0.25, 0.3) is 0 Å². The van der Waals surface area contributed by atoms with E-state index in [4.69, 9.17) is 0 Å². The highest BCUT2D eigenvalue weighted by atomic mass is 79.9. The minimum Gasteiger partial charge on any atom is -0.462 e. The highest BCUT2D eigenvalue weighted by molar-refractivity contribution is 9.10. The summed E-state index contributed by atoms with van der Waals surface area (Å²) in [5, 5.41) is 0. The fraction of sp³-hybridized carbons (Fsp3) is 0.222. The number of hydrogen-bond donors (Lipinski definition) is 0. The third-order valence-corrected chi connectivity index (χ3v) is 2.07. The van der Waals surface area contributed by atoms with E-state index in [1.165, 1.54) is 0 Å². The molecule has 0 unspecified atom stereocenters. The third kappa shape index (κ3) is 2.29. The molecule has 0 amide bonds. The Morgan fingerprint density at radius 1 is 1.50 bits per heavy atom. The Kier molecular flexibility index (Phi) is 3.57. The summed E-state index contributed by atoms with van der Waals surface area (Å²) in [5.41, 5.74) is -0.404. The van der Waals surface area contributed by atoms with Crippen LogP contribution in [0.3, 0.4) is 0 Å². The quantitative estimate of drug-likeness (QED) is 0.607. The maximum absolute atomic E-state index is 13.2. The summed E-state index contributed by atoms with van der Waals surface area (Å²) in [4.78, 5) is 11.1. The van der Waals surface area contributed by atoms with Crippen molar-refractivity contribution in [3.8, 4) is 0 Å². The Bertz CT molecular complexity index is 366. The highest BCUT2D eigenvalue weighted by Gasteiger charge is 2.16. The number of halogens is 3. The van der Waals surface area contributed by atoms with Crippen LogP contribution in [0.2, 0.25) is 0 Å². The molecule has 1 rings (SSSR count). The van der Waals surface area contributed by atoms with Crippen LogP contribution in [0.5, 0.6) is 0 Å². The predicted octanol–water partition coefficient (Wildman–Crippen LogP) is 2.90. The number of carbonyl (C=O) groups excluding carboxylic acids is 1. The van der Waals surface area contributed by atoms with Crippen LogP contribution in [-0.4, -0.2) is 12.6 Å². The molecule has 0 N–H and O–H groups in total. The Balaban J connectivity index is 3.13. The summed E-state index contributed by atoms with van der Waals surface area (Å²) >= 11 is 2.79. The largest absolute Gasteiger partial charge is 0.462 e. The van der Waals surface area contributed by atoms with Crippen LogP contribution >= 0.6 is 15.9 Å². The molecule has 0 aliphatic rings. The van der Waals surface area contributed by atoms with Crippen LogP contribution < -0.4 is 0 Å². The molecule has 0 bridgehead atoms. The Labute approximate surface area is 88.0 Å². The van der Waals surface area contributed by atoms with Gasteiger partial charge < -0.3 is 4.74 Å². The number of esters is 1. The minimum absolute atomic E-state index is 0.0967. The second kappa shape index (κ2) is 4.50. The summed E-state index contributed by atoms with van der Waals surface area (Å²) in [7, 11) is 0. The SMILES string of the molecule is CCOC(=O)c1cc(F)cc(Br)c1F. The molecule has 1 aromatic carbocycles. The molecule has 5 heteroatoms. The fourth-order valence-electron chi connectivity index (χ4n) is 0.913. The molecule has 14 heavy (non-hydrogen) atoms. The first kappa shape index (κ1) is 11.1. The van der Waals surface area contributed by atoms with Gasteiger partial charge in [-0.1, -0.05) is 0 Å². The molecule has 0 spiro atoms. The molecule has 1 aromatic rings. The number of rotatable bonds is 2. The van der Waals surface area contributed by atoms with Crippen molar-refractivity contribution in [3.63, 3.8) is 0 Å². The van der Waals surface area contributed by atoms with E-state index < -0.39 is 23.2 Å². The van der Waals surface area contributed by atoms with Crippen LogP contribution in [0, 0.1) is 11.6 Å². The normalized spacial score (nSPS) is 10.0. The molecular formula is C9H7BrF2O2. The molecule has 76 valence electrons. The summed E-state index contributed by atoms with van der Waals surface area (Å²) in [6, 6.07) is 1.75. The zero-order valence-electron chi connectivity index (χ0n) is 7.31. The second-order valence-corrected chi connectivity index (χ2v) is 3.32. The first-order chi connectivity index (χ1) is 6.56. The first-order valence-corrected chi connectivity index (χ1v) is 4.67. The highest BCUT2D eigenvalue weighted by Crippen LogP contribution is 2.21. The van der Waals surface area contributed by atoms with Crippen molar-refractivity contribution in [1.82, 2.24) is 0 Å².